The van der Waals surface area contributed by atoms with Crippen molar-refractivity contribution in [3.8, 4) is 0 Å². The Labute approximate surface area is 365 Å². The van der Waals surface area contributed by atoms with Crippen LogP contribution in [0.2, 0.25) is 0 Å². The number of rotatable bonds is 11. The van der Waals surface area contributed by atoms with Gasteiger partial charge in [-0.25, -0.2) is 23.2 Å². The Hall–Kier alpha value is -3.78. The average molecular weight is 893 g/mol. The summed E-state index contributed by atoms with van der Waals surface area (Å²) in [6.07, 6.45) is -9.26. The van der Waals surface area contributed by atoms with Gasteiger partial charge in [0.05, 0.1) is 30.8 Å². The number of halogens is 2. The van der Waals surface area contributed by atoms with Crippen molar-refractivity contribution in [2.75, 3.05) is 26.3 Å². The number of hydrogen-bond donors (Lipinski definition) is 4. The molecule has 1 aromatic rings. The molecule has 0 spiro atoms. The second-order valence-corrected chi connectivity index (χ2v) is 20.0. The molecule has 0 radical (unpaired) electrons. The lowest BCUT2D eigenvalue weighted by molar-refractivity contribution is -0.345. The van der Waals surface area contributed by atoms with Gasteiger partial charge in [0.25, 0.3) is 5.92 Å². The molecular weight excluding hydrogens is 830 g/mol. The molecule has 3 heterocycles. The number of amides is 1. The number of nitrogens with zero attached hydrogens (tertiary/aromatic N) is 1. The molecule has 7 rings (SSSR count). The van der Waals surface area contributed by atoms with Crippen LogP contribution >= 0.6 is 0 Å². The van der Waals surface area contributed by atoms with Crippen LogP contribution in [-0.2, 0) is 42.7 Å². The molecule has 3 aliphatic carbocycles. The zero-order valence-corrected chi connectivity index (χ0v) is 37.4. The minimum absolute atomic E-state index is 0.0680. The molecule has 5 fully saturated rings. The van der Waals surface area contributed by atoms with Gasteiger partial charge in [-0.2, -0.15) is 0 Å². The molecule has 0 unspecified atom stereocenters. The highest BCUT2D eigenvalue weighted by Crippen LogP contribution is 2.66. The van der Waals surface area contributed by atoms with E-state index in [1.807, 2.05) is 17.1 Å². The molecule has 4 N–H and O–H groups in total. The van der Waals surface area contributed by atoms with E-state index in [-0.39, 0.29) is 31.4 Å². The van der Waals surface area contributed by atoms with Gasteiger partial charge >= 0.3 is 24.0 Å². The number of hydrogen-bond acceptors (Lipinski definition) is 15. The summed E-state index contributed by atoms with van der Waals surface area (Å²) in [5.74, 6) is -7.90. The van der Waals surface area contributed by atoms with Crippen LogP contribution in [0.25, 0.3) is 0 Å². The molecule has 16 nitrogen and oxygen atoms in total. The highest BCUT2D eigenvalue weighted by atomic mass is 19.3. The van der Waals surface area contributed by atoms with Crippen LogP contribution in [0.1, 0.15) is 98.4 Å². The summed E-state index contributed by atoms with van der Waals surface area (Å²) in [5.41, 5.74) is -6.31. The fraction of sp³-hybridized carbons (Fsp3) is 0.733. The summed E-state index contributed by atoms with van der Waals surface area (Å²) in [5, 5.41) is 37.0. The lowest BCUT2D eigenvalue weighted by Gasteiger charge is -2.68. The van der Waals surface area contributed by atoms with E-state index in [9.17, 15) is 34.5 Å². The third-order valence-electron chi connectivity index (χ3n) is 14.4. The van der Waals surface area contributed by atoms with E-state index >= 15 is 8.78 Å². The van der Waals surface area contributed by atoms with Crippen molar-refractivity contribution in [3.63, 3.8) is 0 Å². The Morgan fingerprint density at radius 3 is 2.27 bits per heavy atom. The number of alkyl halides is 2. The predicted molar refractivity (Wildman–Crippen MR) is 217 cm³/mol. The molecular formula is C45H62F2N2O14. The van der Waals surface area contributed by atoms with E-state index in [0.717, 1.165) is 6.42 Å². The van der Waals surface area contributed by atoms with E-state index in [0.29, 0.717) is 37.5 Å². The third-order valence-corrected chi connectivity index (χ3v) is 14.4. The normalized spacial score (nSPS) is 36.9. The highest BCUT2D eigenvalue weighted by Gasteiger charge is 2.77. The van der Waals surface area contributed by atoms with E-state index < -0.39 is 119 Å². The van der Waals surface area contributed by atoms with Gasteiger partial charge in [-0.1, -0.05) is 39.0 Å². The molecule has 2 bridgehead atoms. The van der Waals surface area contributed by atoms with Gasteiger partial charge in [0.2, 0.25) is 0 Å². The van der Waals surface area contributed by atoms with Gasteiger partial charge in [0, 0.05) is 50.2 Å². The average Bonchev–Trinajstić information content (AvgIpc) is 3.58. The number of carbonyl (C=O) groups is 4. The van der Waals surface area contributed by atoms with Crippen LogP contribution in [0.15, 0.2) is 41.5 Å². The van der Waals surface area contributed by atoms with E-state index in [1.165, 1.54) is 27.7 Å². The van der Waals surface area contributed by atoms with E-state index in [2.05, 4.69) is 0 Å². The first kappa shape index (κ1) is 47.2. The summed E-state index contributed by atoms with van der Waals surface area (Å²) in [6.45, 7) is 14.1. The number of benzene rings is 1. The number of nitrogens with one attached hydrogen (secondary N) is 1. The second-order valence-electron chi connectivity index (χ2n) is 20.0. The second kappa shape index (κ2) is 16.6. The first-order valence-electron chi connectivity index (χ1n) is 21.7. The van der Waals surface area contributed by atoms with Crippen LogP contribution in [0.5, 0.6) is 0 Å². The van der Waals surface area contributed by atoms with Crippen LogP contribution in [-0.4, -0.2) is 148 Å². The number of esters is 3. The highest BCUT2D eigenvalue weighted by molar-refractivity contribution is 5.89. The zero-order valence-electron chi connectivity index (χ0n) is 37.4. The predicted octanol–water partition coefficient (Wildman–Crippen LogP) is 3.82. The minimum atomic E-state index is -3.86. The van der Waals surface area contributed by atoms with Crippen LogP contribution in [0.3, 0.4) is 0 Å². The Kier molecular flexibility index (Phi) is 12.4. The van der Waals surface area contributed by atoms with Crippen molar-refractivity contribution in [1.82, 2.24) is 10.2 Å². The quantitative estimate of drug-likeness (QED) is 0.142. The Morgan fingerprint density at radius 2 is 1.71 bits per heavy atom. The SMILES string of the molecule is CC(=O)O[C@@]12CO[C@@H]1CC[C@@]1(C)[C@@H]3O[C@H](CN4CC[C@H]4CO)O[C@@H]3C3=C(C)[C@@H](OC(=O)[C@H](O)[C@@H](NC(=O)OC(C)(C)C)C(C)(F)F)C[C@@](O)([C@@H](OC(=O)c4ccccc4)[C@@H]12)C3(C)C. The first-order chi connectivity index (χ1) is 29.3. The van der Waals surface area contributed by atoms with Crippen LogP contribution < -0.4 is 5.32 Å². The number of aliphatic hydroxyl groups excluding tert-OH is 2. The van der Waals surface area contributed by atoms with E-state index in [4.69, 9.17) is 33.2 Å². The maximum absolute atomic E-state index is 15.1. The van der Waals surface area contributed by atoms with Crippen molar-refractivity contribution in [1.29, 1.82) is 0 Å². The number of aliphatic hydroxyl groups is 3. The molecule has 350 valence electrons. The largest absolute Gasteiger partial charge is 0.456 e. The molecule has 13 atom stereocenters. The molecule has 63 heavy (non-hydrogen) atoms. The topological polar surface area (TPSA) is 209 Å². The summed E-state index contributed by atoms with van der Waals surface area (Å²) >= 11 is 0. The Bertz CT molecular complexity index is 1970. The maximum atomic E-state index is 15.1. The number of fused-ring (bicyclic) bond motifs is 8. The first-order valence-corrected chi connectivity index (χ1v) is 21.7. The molecule has 3 saturated heterocycles. The number of alkyl carbamates (subject to hydrolysis) is 1. The van der Waals surface area contributed by atoms with Crippen molar-refractivity contribution in [2.45, 2.75) is 166 Å². The number of likely N-dealkylation sites (tertiary alicyclic amines) is 1. The fourth-order valence-electron chi connectivity index (χ4n) is 11.2. The molecule has 2 saturated carbocycles. The zero-order chi connectivity index (χ0) is 46.2. The van der Waals surface area contributed by atoms with E-state index in [1.54, 1.807) is 51.1 Å². The van der Waals surface area contributed by atoms with Crippen molar-refractivity contribution < 1.29 is 76.4 Å². The van der Waals surface area contributed by atoms with Gasteiger partial charge in [-0.15, -0.1) is 0 Å². The summed E-state index contributed by atoms with van der Waals surface area (Å²) in [7, 11) is 0. The Morgan fingerprint density at radius 1 is 1.03 bits per heavy atom. The van der Waals surface area contributed by atoms with Crippen LogP contribution in [0.4, 0.5) is 13.6 Å². The van der Waals surface area contributed by atoms with Gasteiger partial charge in [-0.3, -0.25) is 9.69 Å². The molecule has 18 heteroatoms. The minimum Gasteiger partial charge on any atom is -0.456 e. The van der Waals surface area contributed by atoms with Crippen molar-refractivity contribution in [3.05, 3.63) is 47.0 Å². The van der Waals surface area contributed by atoms with Gasteiger partial charge in [-0.05, 0) is 70.2 Å². The maximum Gasteiger partial charge on any atom is 0.408 e. The number of ether oxygens (including phenoxy) is 7. The lowest BCUT2D eigenvalue weighted by Crippen LogP contribution is -2.79. The summed E-state index contributed by atoms with van der Waals surface area (Å²) in [4.78, 5) is 56.3. The molecule has 3 aliphatic heterocycles. The molecule has 1 amide bonds. The smallest absolute Gasteiger partial charge is 0.408 e. The Balaban J connectivity index is 1.37. The third kappa shape index (κ3) is 8.26. The van der Waals surface area contributed by atoms with Crippen molar-refractivity contribution in [2.24, 2.45) is 16.7 Å². The molecule has 0 aromatic heterocycles. The summed E-state index contributed by atoms with van der Waals surface area (Å²) < 4.78 is 74.1. The van der Waals surface area contributed by atoms with Gasteiger partial charge < -0.3 is 53.8 Å². The lowest BCUT2D eigenvalue weighted by atomic mass is 9.45. The van der Waals surface area contributed by atoms with Gasteiger partial charge in [0.15, 0.2) is 18.0 Å². The number of carbonyl (C=O) groups excluding carboxylic acids is 4. The molecule has 1 aromatic carbocycles. The monoisotopic (exact) mass is 892 g/mol. The fourth-order valence-corrected chi connectivity index (χ4v) is 11.2. The summed E-state index contributed by atoms with van der Waals surface area (Å²) in [6, 6.07) is 5.52. The van der Waals surface area contributed by atoms with Gasteiger partial charge in [0.1, 0.15) is 41.7 Å². The van der Waals surface area contributed by atoms with Crippen molar-refractivity contribution >= 4 is 24.0 Å². The van der Waals surface area contributed by atoms with Crippen LogP contribution in [0, 0.1) is 16.7 Å². The molecule has 6 aliphatic rings. The standard InChI is InChI=1S/C45H62F2N2O14/c1-23-27(58-38(54)31(52)34(43(9,46)47)48-39(55)63-40(3,4)5)19-45(56)36(61-37(53)25-13-11-10-12-14-25)33-42(8,17-15-28-44(33,22-57-28)62-24(2)51)35-32(30(23)41(45,6)7)59-29(60-35)20-49-18-16-26(49)21-50/h10-14,26-29,31-36,50,52,56H,15-22H2,1-9H3,(H,48,55)/t26-,27-,28+,29+,31+,32+,33-,34+,35+,36-,42+,44-,45+/m0/s1.